The fourth-order valence-corrected chi connectivity index (χ4v) is 2.00. The van der Waals surface area contributed by atoms with Gasteiger partial charge in [-0.1, -0.05) is 18.5 Å². The van der Waals surface area contributed by atoms with E-state index in [-0.39, 0.29) is 0 Å². The van der Waals surface area contributed by atoms with Crippen molar-refractivity contribution in [3.8, 4) is 5.75 Å². The van der Waals surface area contributed by atoms with Crippen LogP contribution in [0.2, 0.25) is 0 Å². The van der Waals surface area contributed by atoms with Crippen LogP contribution in [0.3, 0.4) is 0 Å². The quantitative estimate of drug-likeness (QED) is 0.771. The summed E-state index contributed by atoms with van der Waals surface area (Å²) in [6.07, 6.45) is 3.11. The lowest BCUT2D eigenvalue weighted by atomic mass is 10.2. The molecule has 0 N–H and O–H groups in total. The number of allylic oxidation sites excluding steroid dienone is 1. The van der Waals surface area contributed by atoms with Gasteiger partial charge in [0.15, 0.2) is 0 Å². The van der Waals surface area contributed by atoms with Gasteiger partial charge in [0.1, 0.15) is 5.75 Å². The number of nitrogens with zero attached hydrogens (tertiary/aromatic N) is 1. The van der Waals surface area contributed by atoms with Crippen molar-refractivity contribution in [2.24, 2.45) is 0 Å². The second-order valence-corrected chi connectivity index (χ2v) is 4.69. The lowest BCUT2D eigenvalue weighted by Gasteiger charge is -2.07. The van der Waals surface area contributed by atoms with E-state index in [1.165, 1.54) is 10.9 Å². The molecule has 0 saturated heterocycles. The first-order valence-corrected chi connectivity index (χ1v) is 6.65. The molecule has 18 heavy (non-hydrogen) atoms. The first kappa shape index (κ1) is 13.0. The number of aromatic nitrogens is 1. The van der Waals surface area contributed by atoms with E-state index >= 15 is 0 Å². The molecule has 3 heteroatoms. The molecule has 2 rings (SSSR count). The van der Waals surface area contributed by atoms with Gasteiger partial charge in [-0.15, -0.1) is 0 Å². The zero-order chi connectivity index (χ0) is 13.0. The van der Waals surface area contributed by atoms with E-state index < -0.39 is 0 Å². The number of hydrogen-bond acceptors (Lipinski definition) is 1. The van der Waals surface area contributed by atoms with Crippen molar-refractivity contribution in [1.82, 2.24) is 4.57 Å². The van der Waals surface area contributed by atoms with Crippen molar-refractivity contribution in [3.05, 3.63) is 41.6 Å². The minimum absolute atomic E-state index is 0.764. The normalized spacial score (nSPS) is 12.1. The van der Waals surface area contributed by atoms with Crippen LogP contribution >= 0.6 is 11.6 Å². The topological polar surface area (TPSA) is 14.2 Å². The Morgan fingerprint density at radius 1 is 1.39 bits per heavy atom. The maximum absolute atomic E-state index is 5.71. The Morgan fingerprint density at radius 2 is 2.22 bits per heavy atom. The summed E-state index contributed by atoms with van der Waals surface area (Å²) in [6.45, 7) is 5.72. The van der Waals surface area contributed by atoms with Crippen LogP contribution in [-0.2, 0) is 6.54 Å². The molecule has 2 aromatic rings. The van der Waals surface area contributed by atoms with E-state index in [0.29, 0.717) is 0 Å². The van der Waals surface area contributed by atoms with Gasteiger partial charge in [0, 0.05) is 29.2 Å². The SMILES string of the molecule is CCCOc1ccc2c(ccn2C/C(C)=C/Cl)c1. The van der Waals surface area contributed by atoms with Crippen molar-refractivity contribution >= 4 is 22.5 Å². The standard InChI is InChI=1S/C15H18ClNO/c1-3-8-18-14-4-5-15-13(9-14)6-7-17(15)11-12(2)10-16/h4-7,9-10H,3,8,11H2,1-2H3/b12-10+. The van der Waals surface area contributed by atoms with Crippen LogP contribution < -0.4 is 4.74 Å². The lowest BCUT2D eigenvalue weighted by molar-refractivity contribution is 0.318. The molecule has 0 aliphatic rings. The molecule has 2 nitrogen and oxygen atoms in total. The molecular weight excluding hydrogens is 246 g/mol. The van der Waals surface area contributed by atoms with Crippen molar-refractivity contribution in [1.29, 1.82) is 0 Å². The first-order valence-electron chi connectivity index (χ1n) is 6.22. The number of ether oxygens (including phenoxy) is 1. The fraction of sp³-hybridized carbons (Fsp3) is 0.333. The molecule has 0 unspecified atom stereocenters. The number of rotatable bonds is 5. The average Bonchev–Trinajstić information content (AvgIpc) is 2.78. The lowest BCUT2D eigenvalue weighted by Crippen LogP contribution is -1.97. The van der Waals surface area contributed by atoms with Crippen molar-refractivity contribution in [3.63, 3.8) is 0 Å². The first-order chi connectivity index (χ1) is 8.74. The summed E-state index contributed by atoms with van der Waals surface area (Å²) in [7, 11) is 0. The Balaban J connectivity index is 2.26. The molecule has 0 spiro atoms. The summed E-state index contributed by atoms with van der Waals surface area (Å²) in [4.78, 5) is 0. The number of halogens is 1. The van der Waals surface area contributed by atoms with E-state index in [9.17, 15) is 0 Å². The van der Waals surface area contributed by atoms with Crippen LogP contribution in [0, 0.1) is 0 Å². The van der Waals surface area contributed by atoms with Gasteiger partial charge in [0.05, 0.1) is 6.61 Å². The number of fused-ring (bicyclic) bond motifs is 1. The van der Waals surface area contributed by atoms with Crippen LogP contribution in [0.4, 0.5) is 0 Å². The molecule has 0 fully saturated rings. The maximum atomic E-state index is 5.71. The molecule has 96 valence electrons. The van der Waals surface area contributed by atoms with Crippen LogP contribution in [0.15, 0.2) is 41.6 Å². The Labute approximate surface area is 113 Å². The fourth-order valence-electron chi connectivity index (χ4n) is 1.93. The molecule has 0 aliphatic heterocycles. The van der Waals surface area contributed by atoms with Crippen LogP contribution in [-0.4, -0.2) is 11.2 Å². The third-order valence-corrected chi connectivity index (χ3v) is 3.19. The largest absolute Gasteiger partial charge is 0.494 e. The number of hydrogen-bond donors (Lipinski definition) is 0. The summed E-state index contributed by atoms with van der Waals surface area (Å²) >= 11 is 5.71. The summed E-state index contributed by atoms with van der Waals surface area (Å²) in [5, 5.41) is 1.20. The highest BCUT2D eigenvalue weighted by atomic mass is 35.5. The monoisotopic (exact) mass is 263 g/mol. The van der Waals surface area contributed by atoms with Gasteiger partial charge in [0.2, 0.25) is 0 Å². The molecular formula is C15H18ClNO. The zero-order valence-corrected chi connectivity index (χ0v) is 11.6. The Hall–Kier alpha value is -1.41. The van der Waals surface area contributed by atoms with Gasteiger partial charge in [-0.05, 0) is 43.2 Å². The molecule has 0 atom stereocenters. The minimum atomic E-state index is 0.764. The van der Waals surface area contributed by atoms with Gasteiger partial charge in [0.25, 0.3) is 0 Å². The highest BCUT2D eigenvalue weighted by Crippen LogP contribution is 2.23. The summed E-state index contributed by atoms with van der Waals surface area (Å²) in [6, 6.07) is 8.31. The second kappa shape index (κ2) is 5.96. The second-order valence-electron chi connectivity index (χ2n) is 4.47. The van der Waals surface area contributed by atoms with Gasteiger partial charge >= 0.3 is 0 Å². The molecule has 1 heterocycles. The predicted octanol–water partition coefficient (Wildman–Crippen LogP) is 4.57. The smallest absolute Gasteiger partial charge is 0.120 e. The molecule has 0 radical (unpaired) electrons. The van der Waals surface area contributed by atoms with Gasteiger partial charge in [-0.25, -0.2) is 0 Å². The van der Waals surface area contributed by atoms with E-state index in [1.54, 1.807) is 5.54 Å². The highest BCUT2D eigenvalue weighted by Gasteiger charge is 2.03. The van der Waals surface area contributed by atoms with E-state index in [0.717, 1.165) is 30.9 Å². The maximum Gasteiger partial charge on any atom is 0.120 e. The summed E-state index contributed by atoms with van der Waals surface area (Å²) in [5.74, 6) is 0.937. The molecule has 1 aromatic carbocycles. The molecule has 0 bridgehead atoms. The molecule has 0 amide bonds. The van der Waals surface area contributed by atoms with E-state index in [4.69, 9.17) is 16.3 Å². The minimum Gasteiger partial charge on any atom is -0.494 e. The average molecular weight is 264 g/mol. The molecule has 0 aliphatic carbocycles. The highest BCUT2D eigenvalue weighted by molar-refractivity contribution is 6.25. The molecule has 1 aromatic heterocycles. The van der Waals surface area contributed by atoms with Crippen molar-refractivity contribution < 1.29 is 4.74 Å². The van der Waals surface area contributed by atoms with E-state index in [2.05, 4.69) is 35.9 Å². The third kappa shape index (κ3) is 2.88. The summed E-state index contributed by atoms with van der Waals surface area (Å²) in [5.41, 5.74) is 3.97. The predicted molar refractivity (Wildman–Crippen MR) is 77.3 cm³/mol. The number of benzene rings is 1. The Bertz CT molecular complexity index is 557. The molecule has 0 saturated carbocycles. The Kier molecular flexibility index (Phi) is 4.32. The van der Waals surface area contributed by atoms with Crippen LogP contribution in [0.1, 0.15) is 20.3 Å². The van der Waals surface area contributed by atoms with Crippen molar-refractivity contribution in [2.45, 2.75) is 26.8 Å². The van der Waals surface area contributed by atoms with Gasteiger partial charge < -0.3 is 9.30 Å². The van der Waals surface area contributed by atoms with Gasteiger partial charge in [-0.2, -0.15) is 0 Å². The summed E-state index contributed by atoms with van der Waals surface area (Å²) < 4.78 is 7.82. The van der Waals surface area contributed by atoms with E-state index in [1.807, 2.05) is 13.0 Å². The zero-order valence-electron chi connectivity index (χ0n) is 10.8. The Morgan fingerprint density at radius 3 is 2.94 bits per heavy atom. The van der Waals surface area contributed by atoms with Gasteiger partial charge in [-0.3, -0.25) is 0 Å². The van der Waals surface area contributed by atoms with Crippen LogP contribution in [0.25, 0.3) is 10.9 Å². The van der Waals surface area contributed by atoms with Crippen molar-refractivity contribution in [2.75, 3.05) is 6.61 Å². The third-order valence-electron chi connectivity index (χ3n) is 2.82. The van der Waals surface area contributed by atoms with Crippen LogP contribution in [0.5, 0.6) is 5.75 Å².